The van der Waals surface area contributed by atoms with Crippen molar-refractivity contribution < 1.29 is 17.6 Å². The van der Waals surface area contributed by atoms with Gasteiger partial charge < -0.3 is 9.15 Å². The van der Waals surface area contributed by atoms with Crippen molar-refractivity contribution in [3.05, 3.63) is 93.4 Å². The number of benzene rings is 2. The molecule has 1 heterocycles. The first-order chi connectivity index (χ1) is 13.4. The molecule has 0 radical (unpaired) electrons. The van der Waals surface area contributed by atoms with Crippen LogP contribution in [0.4, 0.5) is 0 Å². The Labute approximate surface area is 174 Å². The second kappa shape index (κ2) is 9.58. The molecule has 2 aromatic carbocycles. The summed E-state index contributed by atoms with van der Waals surface area (Å²) in [7, 11) is -3.52. The van der Waals surface area contributed by atoms with Gasteiger partial charge in [0.1, 0.15) is 12.4 Å². The molecule has 148 valence electrons. The van der Waals surface area contributed by atoms with Gasteiger partial charge in [0.05, 0.1) is 28.7 Å². The van der Waals surface area contributed by atoms with Crippen LogP contribution in [0.25, 0.3) is 0 Å². The molecule has 0 fully saturated rings. The van der Waals surface area contributed by atoms with Gasteiger partial charge in [-0.05, 0) is 41.0 Å². The molecule has 0 saturated carbocycles. The maximum atomic E-state index is 12.3. The van der Waals surface area contributed by atoms with Crippen LogP contribution in [0.1, 0.15) is 22.5 Å². The van der Waals surface area contributed by atoms with E-state index in [1.54, 1.807) is 24.5 Å². The predicted molar refractivity (Wildman–Crippen MR) is 110 cm³/mol. The van der Waals surface area contributed by atoms with Gasteiger partial charge in [-0.3, -0.25) is 0 Å². The van der Waals surface area contributed by atoms with E-state index in [1.807, 2.05) is 36.4 Å². The van der Waals surface area contributed by atoms with E-state index in [-0.39, 0.29) is 12.3 Å². The molecule has 8 heteroatoms. The quantitative estimate of drug-likeness (QED) is 0.513. The van der Waals surface area contributed by atoms with Crippen molar-refractivity contribution in [2.24, 2.45) is 0 Å². The fourth-order valence-corrected chi connectivity index (χ4v) is 4.01. The van der Waals surface area contributed by atoms with E-state index in [4.69, 9.17) is 32.4 Å². The Morgan fingerprint density at radius 2 is 1.71 bits per heavy atom. The summed E-state index contributed by atoms with van der Waals surface area (Å²) in [4.78, 5) is 0. The normalized spacial score (nSPS) is 11.6. The summed E-state index contributed by atoms with van der Waals surface area (Å²) in [5, 5.41) is 0.721. The molecule has 3 aromatic rings. The van der Waals surface area contributed by atoms with Crippen LogP contribution in [0, 0.1) is 0 Å². The first-order valence-electron chi connectivity index (χ1n) is 8.50. The number of sulfonamides is 1. The minimum absolute atomic E-state index is 0.171. The molecule has 1 N–H and O–H groups in total. The minimum atomic E-state index is -3.52. The van der Waals surface area contributed by atoms with Gasteiger partial charge in [-0.2, -0.15) is 0 Å². The van der Waals surface area contributed by atoms with Crippen LogP contribution in [0.15, 0.2) is 65.3 Å². The Kier molecular flexibility index (Phi) is 7.15. The first-order valence-corrected chi connectivity index (χ1v) is 10.9. The van der Waals surface area contributed by atoms with E-state index in [0.29, 0.717) is 28.8 Å². The lowest BCUT2D eigenvalue weighted by molar-refractivity contribution is 0.0929. The highest BCUT2D eigenvalue weighted by molar-refractivity contribution is 7.88. The highest BCUT2D eigenvalue weighted by Crippen LogP contribution is 2.23. The Hall–Kier alpha value is -1.83. The average Bonchev–Trinajstić information content (AvgIpc) is 3.17. The molecule has 1 aromatic heterocycles. The number of hydrogen-bond acceptors (Lipinski definition) is 4. The largest absolute Gasteiger partial charge is 0.467 e. The zero-order valence-electron chi connectivity index (χ0n) is 14.9. The molecule has 0 aliphatic rings. The zero-order chi connectivity index (χ0) is 20.0. The van der Waals surface area contributed by atoms with Gasteiger partial charge in [-0.1, -0.05) is 53.5 Å². The third-order valence-electron chi connectivity index (χ3n) is 3.92. The standard InChI is InChI=1S/C20H19Cl2NO4S/c21-19-7-6-17(10-20(19)22)14-28(24,25)23-11-15-3-1-4-16(9-15)12-26-13-18-5-2-8-27-18/h1-10,23H,11-14H2. The third kappa shape index (κ3) is 6.36. The molecule has 0 aliphatic heterocycles. The van der Waals surface area contributed by atoms with E-state index in [9.17, 15) is 8.42 Å². The number of furan rings is 1. The van der Waals surface area contributed by atoms with Crippen LogP contribution in [0.5, 0.6) is 0 Å². The lowest BCUT2D eigenvalue weighted by atomic mass is 10.1. The van der Waals surface area contributed by atoms with Crippen LogP contribution in [-0.4, -0.2) is 8.42 Å². The van der Waals surface area contributed by atoms with Gasteiger partial charge in [0.25, 0.3) is 0 Å². The van der Waals surface area contributed by atoms with Crippen molar-refractivity contribution in [1.29, 1.82) is 0 Å². The average molecular weight is 440 g/mol. The lowest BCUT2D eigenvalue weighted by Crippen LogP contribution is -2.24. The minimum Gasteiger partial charge on any atom is -0.467 e. The molecule has 0 unspecified atom stereocenters. The Bertz CT molecular complexity index is 1020. The molecule has 0 aliphatic carbocycles. The molecule has 5 nitrogen and oxygen atoms in total. The summed E-state index contributed by atoms with van der Waals surface area (Å²) in [6.45, 7) is 0.980. The number of nitrogens with one attached hydrogen (secondary N) is 1. The molecular formula is C20H19Cl2NO4S. The van der Waals surface area contributed by atoms with Gasteiger partial charge in [0.15, 0.2) is 0 Å². The summed E-state index contributed by atoms with van der Waals surface area (Å²) >= 11 is 11.8. The Morgan fingerprint density at radius 1 is 0.893 bits per heavy atom. The Balaban J connectivity index is 1.53. The van der Waals surface area contributed by atoms with E-state index in [2.05, 4.69) is 4.72 Å². The lowest BCUT2D eigenvalue weighted by Gasteiger charge is -2.09. The first kappa shape index (κ1) is 20.9. The van der Waals surface area contributed by atoms with Crippen LogP contribution in [-0.2, 0) is 40.3 Å². The van der Waals surface area contributed by atoms with E-state index in [0.717, 1.165) is 16.9 Å². The molecular weight excluding hydrogens is 421 g/mol. The van der Waals surface area contributed by atoms with Gasteiger partial charge in [-0.25, -0.2) is 13.1 Å². The van der Waals surface area contributed by atoms with Gasteiger partial charge >= 0.3 is 0 Å². The SMILES string of the molecule is O=S(=O)(Cc1ccc(Cl)c(Cl)c1)NCc1cccc(COCc2ccco2)c1. The molecule has 0 saturated heterocycles. The van der Waals surface area contributed by atoms with Crippen LogP contribution in [0.2, 0.25) is 10.0 Å². The van der Waals surface area contributed by atoms with Crippen LogP contribution >= 0.6 is 23.2 Å². The predicted octanol–water partition coefficient (Wildman–Crippen LogP) is 4.92. The second-order valence-corrected chi connectivity index (χ2v) is 8.84. The van der Waals surface area contributed by atoms with E-state index < -0.39 is 10.0 Å². The van der Waals surface area contributed by atoms with E-state index in [1.165, 1.54) is 0 Å². The van der Waals surface area contributed by atoms with Crippen molar-refractivity contribution in [3.8, 4) is 0 Å². The van der Waals surface area contributed by atoms with E-state index >= 15 is 0 Å². The van der Waals surface area contributed by atoms with Crippen molar-refractivity contribution in [2.45, 2.75) is 25.5 Å². The molecule has 3 rings (SSSR count). The summed E-state index contributed by atoms with van der Waals surface area (Å²) in [5.41, 5.74) is 2.37. The van der Waals surface area contributed by atoms with Crippen LogP contribution < -0.4 is 4.72 Å². The highest BCUT2D eigenvalue weighted by Gasteiger charge is 2.12. The molecule has 0 atom stereocenters. The van der Waals surface area contributed by atoms with Crippen molar-refractivity contribution in [2.75, 3.05) is 0 Å². The Morgan fingerprint density at radius 3 is 2.46 bits per heavy atom. The van der Waals surface area contributed by atoms with Crippen molar-refractivity contribution >= 4 is 33.2 Å². The summed E-state index contributed by atoms with van der Waals surface area (Å²) in [6, 6.07) is 16.0. The van der Waals surface area contributed by atoms with Gasteiger partial charge in [-0.15, -0.1) is 0 Å². The number of halogens is 2. The van der Waals surface area contributed by atoms with Crippen LogP contribution in [0.3, 0.4) is 0 Å². The monoisotopic (exact) mass is 439 g/mol. The zero-order valence-corrected chi connectivity index (χ0v) is 17.2. The summed E-state index contributed by atoms with van der Waals surface area (Å²) in [5.74, 6) is 0.585. The number of ether oxygens (including phenoxy) is 1. The summed E-state index contributed by atoms with van der Waals surface area (Å²) < 4.78 is 38.1. The van der Waals surface area contributed by atoms with Crippen molar-refractivity contribution in [3.63, 3.8) is 0 Å². The van der Waals surface area contributed by atoms with Crippen molar-refractivity contribution in [1.82, 2.24) is 4.72 Å². The molecule has 28 heavy (non-hydrogen) atoms. The highest BCUT2D eigenvalue weighted by atomic mass is 35.5. The van der Waals surface area contributed by atoms with Gasteiger partial charge in [0.2, 0.25) is 10.0 Å². The molecule has 0 amide bonds. The topological polar surface area (TPSA) is 68.5 Å². The maximum Gasteiger partial charge on any atom is 0.216 e. The number of rotatable bonds is 9. The number of hydrogen-bond donors (Lipinski definition) is 1. The smallest absolute Gasteiger partial charge is 0.216 e. The molecule has 0 bridgehead atoms. The fraction of sp³-hybridized carbons (Fsp3) is 0.200. The second-order valence-electron chi connectivity index (χ2n) is 6.22. The van der Waals surface area contributed by atoms with Gasteiger partial charge in [0, 0.05) is 6.54 Å². The fourth-order valence-electron chi connectivity index (χ4n) is 2.59. The maximum absolute atomic E-state index is 12.3. The molecule has 0 spiro atoms. The third-order valence-corrected chi connectivity index (χ3v) is 5.96. The summed E-state index contributed by atoms with van der Waals surface area (Å²) in [6.07, 6.45) is 1.60.